The van der Waals surface area contributed by atoms with Crippen molar-refractivity contribution in [2.75, 3.05) is 30.7 Å². The lowest BCUT2D eigenvalue weighted by Crippen LogP contribution is -2.42. The lowest BCUT2D eigenvalue weighted by molar-refractivity contribution is 0.226. The molecule has 94 valence electrons. The highest BCUT2D eigenvalue weighted by Crippen LogP contribution is 2.20. The molecule has 1 fully saturated rings. The Morgan fingerprint density at radius 1 is 1.59 bits per heavy atom. The number of nitrogen functional groups attached to an aromatic ring is 1. The highest BCUT2D eigenvalue weighted by atomic mass is 35.5. The van der Waals surface area contributed by atoms with Crippen LogP contribution in [0.4, 0.5) is 11.5 Å². The first-order chi connectivity index (χ1) is 8.19. The normalized spacial score (nSPS) is 21.4. The van der Waals surface area contributed by atoms with E-state index in [1.807, 2.05) is 0 Å². The molecule has 1 aliphatic rings. The van der Waals surface area contributed by atoms with E-state index < -0.39 is 0 Å². The van der Waals surface area contributed by atoms with Gasteiger partial charge < -0.3 is 16.0 Å². The van der Waals surface area contributed by atoms with Crippen LogP contribution in [0.15, 0.2) is 6.07 Å². The molecule has 1 saturated heterocycles. The second-order valence-electron chi connectivity index (χ2n) is 4.35. The number of nitrogens with two attached hydrogens (primary N) is 1. The molecule has 1 aliphatic heterocycles. The fourth-order valence-electron chi connectivity index (χ4n) is 2.15. The first kappa shape index (κ1) is 12.4. The highest BCUT2D eigenvalue weighted by Gasteiger charge is 2.19. The van der Waals surface area contributed by atoms with Crippen molar-refractivity contribution in [3.8, 4) is 0 Å². The highest BCUT2D eigenvalue weighted by molar-refractivity contribution is 6.29. The van der Waals surface area contributed by atoms with Gasteiger partial charge in [0.1, 0.15) is 0 Å². The summed E-state index contributed by atoms with van der Waals surface area (Å²) in [6.07, 6.45) is 2.34. The number of nitrogens with one attached hydrogen (secondary N) is 1. The zero-order valence-electron chi connectivity index (χ0n) is 9.99. The number of anilines is 2. The molecule has 17 heavy (non-hydrogen) atoms. The maximum absolute atomic E-state index is 5.84. The Labute approximate surface area is 106 Å². The monoisotopic (exact) mass is 255 g/mol. The summed E-state index contributed by atoms with van der Waals surface area (Å²) in [5, 5.41) is 11.5. The van der Waals surface area contributed by atoms with Crippen molar-refractivity contribution in [3.63, 3.8) is 0 Å². The van der Waals surface area contributed by atoms with Crippen LogP contribution >= 0.6 is 11.6 Å². The van der Waals surface area contributed by atoms with Gasteiger partial charge in [-0.2, -0.15) is 0 Å². The summed E-state index contributed by atoms with van der Waals surface area (Å²) in [6.45, 7) is 5.47. The molecule has 0 aromatic carbocycles. The Morgan fingerprint density at radius 2 is 2.41 bits per heavy atom. The molecule has 1 aromatic heterocycles. The van der Waals surface area contributed by atoms with E-state index >= 15 is 0 Å². The average Bonchev–Trinajstić information content (AvgIpc) is 2.33. The SMILES string of the molecule is CCN1CCC[C@@H](Nc2nnc(Cl)cc2N)C1. The number of nitrogens with zero attached hydrogens (tertiary/aromatic N) is 3. The van der Waals surface area contributed by atoms with Crippen LogP contribution in [0, 0.1) is 0 Å². The number of hydrogen-bond donors (Lipinski definition) is 2. The van der Waals surface area contributed by atoms with Crippen molar-refractivity contribution in [1.82, 2.24) is 15.1 Å². The van der Waals surface area contributed by atoms with Gasteiger partial charge in [0.25, 0.3) is 0 Å². The summed E-state index contributed by atoms with van der Waals surface area (Å²) in [7, 11) is 0. The summed E-state index contributed by atoms with van der Waals surface area (Å²) < 4.78 is 0. The average molecular weight is 256 g/mol. The summed E-state index contributed by atoms with van der Waals surface area (Å²) in [4.78, 5) is 2.42. The first-order valence-corrected chi connectivity index (χ1v) is 6.34. The molecule has 0 amide bonds. The number of likely N-dealkylation sites (tertiary alicyclic amines) is 1. The zero-order valence-corrected chi connectivity index (χ0v) is 10.7. The number of piperidine rings is 1. The minimum Gasteiger partial charge on any atom is -0.396 e. The van der Waals surface area contributed by atoms with Gasteiger partial charge in [-0.25, -0.2) is 0 Å². The molecule has 1 atom stereocenters. The van der Waals surface area contributed by atoms with E-state index in [-0.39, 0.29) is 0 Å². The molecule has 3 N–H and O–H groups in total. The Morgan fingerprint density at radius 3 is 3.12 bits per heavy atom. The van der Waals surface area contributed by atoms with Crippen LogP contribution in [-0.4, -0.2) is 40.8 Å². The van der Waals surface area contributed by atoms with Gasteiger partial charge in [-0.15, -0.1) is 10.2 Å². The predicted molar refractivity (Wildman–Crippen MR) is 70.2 cm³/mol. The predicted octanol–water partition coefficient (Wildman–Crippen LogP) is 1.61. The Balaban J connectivity index is 2.00. The summed E-state index contributed by atoms with van der Waals surface area (Å²) >= 11 is 5.72. The molecular weight excluding hydrogens is 238 g/mol. The quantitative estimate of drug-likeness (QED) is 0.859. The minimum absolute atomic E-state index is 0.326. The lowest BCUT2D eigenvalue weighted by Gasteiger charge is -2.32. The second-order valence-corrected chi connectivity index (χ2v) is 4.73. The number of aromatic nitrogens is 2. The molecule has 0 aliphatic carbocycles. The van der Waals surface area contributed by atoms with Crippen LogP contribution in [0.1, 0.15) is 19.8 Å². The van der Waals surface area contributed by atoms with Gasteiger partial charge in [0.15, 0.2) is 11.0 Å². The van der Waals surface area contributed by atoms with Crippen molar-refractivity contribution < 1.29 is 0 Å². The van der Waals surface area contributed by atoms with Crippen LogP contribution in [0.5, 0.6) is 0 Å². The third kappa shape index (κ3) is 3.20. The fourth-order valence-corrected chi connectivity index (χ4v) is 2.30. The van der Waals surface area contributed by atoms with E-state index in [4.69, 9.17) is 17.3 Å². The molecule has 0 saturated carbocycles. The maximum Gasteiger partial charge on any atom is 0.172 e. The molecule has 1 aromatic rings. The van der Waals surface area contributed by atoms with Gasteiger partial charge in [0.05, 0.1) is 5.69 Å². The molecule has 0 radical (unpaired) electrons. The van der Waals surface area contributed by atoms with E-state index in [1.54, 1.807) is 6.07 Å². The molecule has 0 unspecified atom stereocenters. The van der Waals surface area contributed by atoms with E-state index in [0.29, 0.717) is 22.7 Å². The van der Waals surface area contributed by atoms with Gasteiger partial charge in [-0.1, -0.05) is 18.5 Å². The number of hydrogen-bond acceptors (Lipinski definition) is 5. The summed E-state index contributed by atoms with van der Waals surface area (Å²) in [5.74, 6) is 0.636. The number of likely N-dealkylation sites (N-methyl/N-ethyl adjacent to an activating group) is 1. The molecule has 0 spiro atoms. The Kier molecular flexibility index (Phi) is 4.02. The van der Waals surface area contributed by atoms with Crippen LogP contribution in [0.3, 0.4) is 0 Å². The van der Waals surface area contributed by atoms with Crippen LogP contribution in [0.2, 0.25) is 5.15 Å². The van der Waals surface area contributed by atoms with Gasteiger partial charge in [0.2, 0.25) is 0 Å². The minimum atomic E-state index is 0.326. The topological polar surface area (TPSA) is 67.1 Å². The second kappa shape index (κ2) is 5.51. The summed E-state index contributed by atoms with van der Waals surface area (Å²) in [6, 6.07) is 2.01. The molecular formula is C11H18ClN5. The van der Waals surface area contributed by atoms with Crippen molar-refractivity contribution in [2.24, 2.45) is 0 Å². The number of halogens is 1. The van der Waals surface area contributed by atoms with Gasteiger partial charge in [-0.3, -0.25) is 0 Å². The van der Waals surface area contributed by atoms with E-state index in [2.05, 4.69) is 27.3 Å². The van der Waals surface area contributed by atoms with Crippen LogP contribution in [0.25, 0.3) is 0 Å². The van der Waals surface area contributed by atoms with Crippen molar-refractivity contribution in [3.05, 3.63) is 11.2 Å². The smallest absolute Gasteiger partial charge is 0.172 e. The van der Waals surface area contributed by atoms with E-state index in [0.717, 1.165) is 19.5 Å². The van der Waals surface area contributed by atoms with Crippen molar-refractivity contribution >= 4 is 23.1 Å². The molecule has 6 heteroatoms. The first-order valence-electron chi connectivity index (χ1n) is 5.96. The fraction of sp³-hybridized carbons (Fsp3) is 0.636. The third-order valence-corrected chi connectivity index (χ3v) is 3.27. The lowest BCUT2D eigenvalue weighted by atomic mass is 10.1. The van der Waals surface area contributed by atoms with Crippen LogP contribution in [-0.2, 0) is 0 Å². The van der Waals surface area contributed by atoms with Crippen molar-refractivity contribution in [1.29, 1.82) is 0 Å². The molecule has 5 nitrogen and oxygen atoms in total. The van der Waals surface area contributed by atoms with E-state index in [9.17, 15) is 0 Å². The Hall–Kier alpha value is -1.07. The zero-order chi connectivity index (χ0) is 12.3. The molecule has 2 rings (SSSR count). The Bertz CT molecular complexity index is 384. The van der Waals surface area contributed by atoms with Gasteiger partial charge >= 0.3 is 0 Å². The van der Waals surface area contributed by atoms with Crippen LogP contribution < -0.4 is 11.1 Å². The number of rotatable bonds is 3. The molecule has 2 heterocycles. The van der Waals surface area contributed by atoms with Crippen molar-refractivity contribution in [2.45, 2.75) is 25.8 Å². The van der Waals surface area contributed by atoms with Gasteiger partial charge in [-0.05, 0) is 25.9 Å². The standard InChI is InChI=1S/C11H18ClN5/c1-2-17-5-3-4-8(7-17)14-11-9(13)6-10(12)15-16-11/h6,8H,2-5,7H2,1H3,(H2,13,15)(H,14,16)/t8-/m1/s1. The molecule has 0 bridgehead atoms. The maximum atomic E-state index is 5.84. The summed E-state index contributed by atoms with van der Waals surface area (Å²) in [5.41, 5.74) is 6.40. The van der Waals surface area contributed by atoms with E-state index in [1.165, 1.54) is 13.0 Å². The van der Waals surface area contributed by atoms with Gasteiger partial charge in [0, 0.05) is 18.7 Å². The third-order valence-electron chi connectivity index (χ3n) is 3.09. The largest absolute Gasteiger partial charge is 0.396 e.